The van der Waals surface area contributed by atoms with E-state index < -0.39 is 0 Å². The lowest BCUT2D eigenvalue weighted by Crippen LogP contribution is -2.51. The van der Waals surface area contributed by atoms with Crippen molar-refractivity contribution in [2.45, 2.75) is 6.42 Å². The third-order valence-electron chi connectivity index (χ3n) is 2.45. The van der Waals surface area contributed by atoms with Crippen molar-refractivity contribution in [1.82, 2.24) is 10.6 Å². The van der Waals surface area contributed by atoms with E-state index in [2.05, 4.69) is 10.6 Å². The summed E-state index contributed by atoms with van der Waals surface area (Å²) in [6.45, 7) is 2.33. The molecule has 2 rings (SSSR count). The van der Waals surface area contributed by atoms with Crippen LogP contribution >= 0.6 is 22.9 Å². The zero-order chi connectivity index (χ0) is 10.7. The molecule has 15 heavy (non-hydrogen) atoms. The largest absolute Gasteiger partial charge is 0.355 e. The fourth-order valence-corrected chi connectivity index (χ4v) is 2.50. The van der Waals surface area contributed by atoms with Crippen molar-refractivity contribution in [3.05, 3.63) is 21.3 Å². The van der Waals surface area contributed by atoms with Crippen molar-refractivity contribution in [3.8, 4) is 0 Å². The van der Waals surface area contributed by atoms with Gasteiger partial charge in [-0.3, -0.25) is 4.79 Å². The zero-order valence-electron chi connectivity index (χ0n) is 8.25. The molecule has 1 aromatic heterocycles. The monoisotopic (exact) mass is 244 g/mol. The van der Waals surface area contributed by atoms with Crippen molar-refractivity contribution < 1.29 is 4.79 Å². The first kappa shape index (κ1) is 10.9. The summed E-state index contributed by atoms with van der Waals surface area (Å²) in [5.74, 6) is 0.341. The minimum atomic E-state index is 0.163. The Kier molecular flexibility index (Phi) is 3.61. The number of carbonyl (C=O) groups is 1. The number of halogens is 1. The molecule has 0 atom stereocenters. The number of thiophene rings is 1. The van der Waals surface area contributed by atoms with E-state index in [1.54, 1.807) is 11.3 Å². The van der Waals surface area contributed by atoms with Gasteiger partial charge in [-0.25, -0.2) is 0 Å². The molecule has 1 amide bonds. The van der Waals surface area contributed by atoms with Gasteiger partial charge in [-0.2, -0.15) is 0 Å². The fraction of sp³-hybridized carbons (Fsp3) is 0.500. The molecular formula is C10H13ClN2OS. The molecule has 1 saturated heterocycles. The van der Waals surface area contributed by atoms with Crippen LogP contribution < -0.4 is 10.6 Å². The third-order valence-corrected chi connectivity index (χ3v) is 3.74. The van der Waals surface area contributed by atoms with Gasteiger partial charge in [0.1, 0.15) is 0 Å². The number of nitrogens with one attached hydrogen (secondary N) is 2. The summed E-state index contributed by atoms with van der Waals surface area (Å²) in [6, 6.07) is 3.89. The first-order valence-electron chi connectivity index (χ1n) is 4.98. The Morgan fingerprint density at radius 1 is 1.60 bits per heavy atom. The van der Waals surface area contributed by atoms with Crippen molar-refractivity contribution in [3.63, 3.8) is 0 Å². The van der Waals surface area contributed by atoms with Crippen LogP contribution in [-0.2, 0) is 11.2 Å². The van der Waals surface area contributed by atoms with Crippen LogP contribution in [0, 0.1) is 5.92 Å². The molecule has 1 aliphatic heterocycles. The first-order chi connectivity index (χ1) is 7.25. The molecule has 2 N–H and O–H groups in total. The van der Waals surface area contributed by atoms with E-state index in [0.717, 1.165) is 23.8 Å². The van der Waals surface area contributed by atoms with Gasteiger partial charge < -0.3 is 10.6 Å². The molecule has 2 heterocycles. The molecule has 1 aromatic rings. The van der Waals surface area contributed by atoms with Gasteiger partial charge in [0.25, 0.3) is 0 Å². The van der Waals surface area contributed by atoms with Crippen molar-refractivity contribution in [1.29, 1.82) is 0 Å². The van der Waals surface area contributed by atoms with Gasteiger partial charge >= 0.3 is 0 Å². The van der Waals surface area contributed by atoms with E-state index in [-0.39, 0.29) is 11.8 Å². The summed E-state index contributed by atoms with van der Waals surface area (Å²) in [5, 5.41) is 6.00. The number of carbonyl (C=O) groups excluding carboxylic acids is 1. The van der Waals surface area contributed by atoms with E-state index >= 15 is 0 Å². The molecule has 0 saturated carbocycles. The predicted octanol–water partition coefficient (Wildman–Crippen LogP) is 1.28. The number of amides is 1. The Balaban J connectivity index is 1.68. The van der Waals surface area contributed by atoms with Crippen molar-refractivity contribution in [2.75, 3.05) is 19.6 Å². The Bertz CT molecular complexity index is 349. The van der Waals surface area contributed by atoms with E-state index in [1.165, 1.54) is 4.88 Å². The van der Waals surface area contributed by atoms with E-state index in [1.807, 2.05) is 12.1 Å². The molecule has 5 heteroatoms. The van der Waals surface area contributed by atoms with Gasteiger partial charge in [0.2, 0.25) is 5.91 Å². The van der Waals surface area contributed by atoms with Gasteiger partial charge in [0.15, 0.2) is 0 Å². The summed E-state index contributed by atoms with van der Waals surface area (Å²) >= 11 is 7.38. The van der Waals surface area contributed by atoms with Crippen LogP contribution in [0.25, 0.3) is 0 Å². The van der Waals surface area contributed by atoms with Crippen molar-refractivity contribution >= 4 is 28.8 Å². The minimum absolute atomic E-state index is 0.163. The smallest absolute Gasteiger partial charge is 0.225 e. The SMILES string of the molecule is O=C(NCCc1ccc(Cl)s1)C1CNC1. The summed E-state index contributed by atoms with van der Waals surface area (Å²) in [4.78, 5) is 12.7. The molecule has 0 radical (unpaired) electrons. The van der Waals surface area contributed by atoms with E-state index in [0.29, 0.717) is 6.54 Å². The number of hydrogen-bond acceptors (Lipinski definition) is 3. The molecule has 0 aliphatic carbocycles. The van der Waals surface area contributed by atoms with Crippen LogP contribution in [0.1, 0.15) is 4.88 Å². The Labute approximate surface area is 97.8 Å². The molecule has 0 bridgehead atoms. The average molecular weight is 245 g/mol. The highest BCUT2D eigenvalue weighted by Crippen LogP contribution is 2.21. The van der Waals surface area contributed by atoms with Crippen LogP contribution in [0.3, 0.4) is 0 Å². The highest BCUT2D eigenvalue weighted by atomic mass is 35.5. The predicted molar refractivity (Wildman–Crippen MR) is 62.4 cm³/mol. The van der Waals surface area contributed by atoms with Gasteiger partial charge in [-0.15, -0.1) is 11.3 Å². The molecule has 0 unspecified atom stereocenters. The quantitative estimate of drug-likeness (QED) is 0.838. The molecule has 0 spiro atoms. The lowest BCUT2D eigenvalue weighted by atomic mass is 10.0. The summed E-state index contributed by atoms with van der Waals surface area (Å²) < 4.78 is 0.805. The molecular weight excluding hydrogens is 232 g/mol. The Morgan fingerprint density at radius 2 is 2.40 bits per heavy atom. The van der Waals surface area contributed by atoms with Gasteiger partial charge in [0.05, 0.1) is 10.3 Å². The molecule has 1 aliphatic rings. The highest BCUT2D eigenvalue weighted by molar-refractivity contribution is 7.16. The fourth-order valence-electron chi connectivity index (χ4n) is 1.41. The molecule has 0 aromatic carbocycles. The zero-order valence-corrected chi connectivity index (χ0v) is 9.83. The number of rotatable bonds is 4. The van der Waals surface area contributed by atoms with Crippen LogP contribution in [0.2, 0.25) is 4.34 Å². The number of hydrogen-bond donors (Lipinski definition) is 2. The molecule has 1 fully saturated rings. The van der Waals surface area contributed by atoms with Crippen LogP contribution in [-0.4, -0.2) is 25.5 Å². The third kappa shape index (κ3) is 2.93. The molecule has 82 valence electrons. The Hall–Kier alpha value is -0.580. The molecule has 3 nitrogen and oxygen atoms in total. The topological polar surface area (TPSA) is 41.1 Å². The maximum absolute atomic E-state index is 11.4. The standard InChI is InChI=1S/C10H13ClN2OS/c11-9-2-1-8(15-9)3-4-13-10(14)7-5-12-6-7/h1-2,7,12H,3-6H2,(H,13,14). The van der Waals surface area contributed by atoms with Crippen LogP contribution in [0.4, 0.5) is 0 Å². The second kappa shape index (κ2) is 4.96. The lowest BCUT2D eigenvalue weighted by Gasteiger charge is -2.25. The van der Waals surface area contributed by atoms with Crippen LogP contribution in [0.5, 0.6) is 0 Å². The van der Waals surface area contributed by atoms with Crippen molar-refractivity contribution in [2.24, 2.45) is 5.92 Å². The second-order valence-corrected chi connectivity index (χ2v) is 5.40. The van der Waals surface area contributed by atoms with Crippen LogP contribution in [0.15, 0.2) is 12.1 Å². The minimum Gasteiger partial charge on any atom is -0.355 e. The summed E-state index contributed by atoms with van der Waals surface area (Å²) in [5.41, 5.74) is 0. The maximum atomic E-state index is 11.4. The first-order valence-corrected chi connectivity index (χ1v) is 6.18. The highest BCUT2D eigenvalue weighted by Gasteiger charge is 2.24. The maximum Gasteiger partial charge on any atom is 0.225 e. The second-order valence-electron chi connectivity index (χ2n) is 3.60. The average Bonchev–Trinajstić information content (AvgIpc) is 2.48. The normalized spacial score (nSPS) is 16.1. The van der Waals surface area contributed by atoms with Gasteiger partial charge in [0, 0.05) is 24.5 Å². The van der Waals surface area contributed by atoms with E-state index in [4.69, 9.17) is 11.6 Å². The Morgan fingerprint density at radius 3 is 2.93 bits per heavy atom. The lowest BCUT2D eigenvalue weighted by molar-refractivity contribution is -0.126. The van der Waals surface area contributed by atoms with E-state index in [9.17, 15) is 4.79 Å². The summed E-state index contributed by atoms with van der Waals surface area (Å²) in [6.07, 6.45) is 0.864. The van der Waals surface area contributed by atoms with Gasteiger partial charge in [-0.05, 0) is 18.6 Å². The summed E-state index contributed by atoms with van der Waals surface area (Å²) in [7, 11) is 0. The van der Waals surface area contributed by atoms with Gasteiger partial charge in [-0.1, -0.05) is 11.6 Å².